The fourth-order valence-electron chi connectivity index (χ4n) is 1.17. The molecule has 1 aromatic rings. The molecule has 1 aromatic carbocycles. The van der Waals surface area contributed by atoms with Gasteiger partial charge in [-0.2, -0.15) is 0 Å². The van der Waals surface area contributed by atoms with Gasteiger partial charge in [0.15, 0.2) is 0 Å². The van der Waals surface area contributed by atoms with Crippen molar-refractivity contribution >= 4 is 31.9 Å². The number of alkyl halides is 4. The summed E-state index contributed by atoms with van der Waals surface area (Å²) in [6.45, 7) is 0.525. The zero-order valence-corrected chi connectivity index (χ0v) is 12.4. The minimum Gasteiger partial charge on any atom is -0.494 e. The van der Waals surface area contributed by atoms with Gasteiger partial charge < -0.3 is 9.47 Å². The Morgan fingerprint density at radius 3 is 2.44 bits per heavy atom. The first kappa shape index (κ1) is 15.6. The maximum absolute atomic E-state index is 12.0. The molecule has 0 aromatic heterocycles. The molecule has 0 unspecified atom stereocenters. The van der Waals surface area contributed by atoms with E-state index in [0.29, 0.717) is 12.4 Å². The summed E-state index contributed by atoms with van der Waals surface area (Å²) in [5.41, 5.74) is 0. The van der Waals surface area contributed by atoms with E-state index in [9.17, 15) is 13.2 Å². The van der Waals surface area contributed by atoms with Crippen LogP contribution in [0, 0.1) is 0 Å². The molecule has 0 aliphatic heterocycles. The molecule has 0 atom stereocenters. The Morgan fingerprint density at radius 2 is 1.89 bits per heavy atom. The number of ether oxygens (including phenoxy) is 2. The van der Waals surface area contributed by atoms with Gasteiger partial charge in [-0.15, -0.1) is 13.2 Å². The number of benzene rings is 1. The van der Waals surface area contributed by atoms with Crippen LogP contribution in [0.1, 0.15) is 12.8 Å². The quantitative estimate of drug-likeness (QED) is 0.507. The van der Waals surface area contributed by atoms with Gasteiger partial charge in [-0.25, -0.2) is 0 Å². The molecule has 0 aliphatic rings. The van der Waals surface area contributed by atoms with Crippen molar-refractivity contribution in [3.05, 3.63) is 22.7 Å². The maximum Gasteiger partial charge on any atom is 0.573 e. The van der Waals surface area contributed by atoms with Crippen LogP contribution in [0.15, 0.2) is 22.7 Å². The van der Waals surface area contributed by atoms with E-state index in [1.165, 1.54) is 18.2 Å². The van der Waals surface area contributed by atoms with Crippen molar-refractivity contribution in [2.24, 2.45) is 0 Å². The molecule has 0 aliphatic carbocycles. The van der Waals surface area contributed by atoms with E-state index in [0.717, 1.165) is 18.2 Å². The molecule has 0 amide bonds. The molecule has 0 radical (unpaired) electrons. The SMILES string of the molecule is FC(F)(F)Oc1ccc(OCCCCBr)cc1Br. The summed E-state index contributed by atoms with van der Waals surface area (Å²) in [7, 11) is 0. The van der Waals surface area contributed by atoms with Crippen LogP contribution < -0.4 is 9.47 Å². The van der Waals surface area contributed by atoms with Crippen LogP contribution in [-0.4, -0.2) is 18.3 Å². The van der Waals surface area contributed by atoms with Crippen LogP contribution in [0.4, 0.5) is 13.2 Å². The second-order valence-electron chi connectivity index (χ2n) is 3.38. The van der Waals surface area contributed by atoms with Gasteiger partial charge >= 0.3 is 6.36 Å². The summed E-state index contributed by atoms with van der Waals surface area (Å²) < 4.78 is 45.5. The highest BCUT2D eigenvalue weighted by Crippen LogP contribution is 2.33. The molecule has 7 heteroatoms. The smallest absolute Gasteiger partial charge is 0.494 e. The molecule has 0 N–H and O–H groups in total. The third-order valence-corrected chi connectivity index (χ3v) is 3.11. The Kier molecular flexibility index (Phi) is 6.28. The Labute approximate surface area is 120 Å². The summed E-state index contributed by atoms with van der Waals surface area (Å²) in [6, 6.07) is 4.12. The normalized spacial score (nSPS) is 11.4. The molecule has 0 heterocycles. The predicted molar refractivity (Wildman–Crippen MR) is 69.3 cm³/mol. The number of hydrogen-bond donors (Lipinski definition) is 0. The Bertz CT molecular complexity index is 383. The van der Waals surface area contributed by atoms with Gasteiger partial charge in [-0.1, -0.05) is 15.9 Å². The van der Waals surface area contributed by atoms with Crippen molar-refractivity contribution in [3.8, 4) is 11.5 Å². The van der Waals surface area contributed by atoms with Gasteiger partial charge in [0.1, 0.15) is 11.5 Å². The lowest BCUT2D eigenvalue weighted by molar-refractivity contribution is -0.274. The third-order valence-electron chi connectivity index (χ3n) is 1.93. The van der Waals surface area contributed by atoms with E-state index >= 15 is 0 Å². The van der Waals surface area contributed by atoms with E-state index in [2.05, 4.69) is 36.6 Å². The van der Waals surface area contributed by atoms with E-state index in [-0.39, 0.29) is 10.2 Å². The van der Waals surface area contributed by atoms with Crippen molar-refractivity contribution in [2.75, 3.05) is 11.9 Å². The third kappa shape index (κ3) is 5.95. The molecule has 102 valence electrons. The average Bonchev–Trinajstić information content (AvgIpc) is 2.26. The van der Waals surface area contributed by atoms with Crippen LogP contribution >= 0.6 is 31.9 Å². The van der Waals surface area contributed by atoms with Crippen LogP contribution in [0.2, 0.25) is 0 Å². The molecular weight excluding hydrogens is 381 g/mol. The van der Waals surface area contributed by atoms with Crippen molar-refractivity contribution in [2.45, 2.75) is 19.2 Å². The lowest BCUT2D eigenvalue weighted by Crippen LogP contribution is -2.17. The monoisotopic (exact) mass is 390 g/mol. The standard InChI is InChI=1S/C11H11Br2F3O2/c12-5-1-2-6-17-8-3-4-10(9(13)7-8)18-11(14,15)16/h3-4,7H,1-2,5-6H2. The molecule has 0 fully saturated rings. The van der Waals surface area contributed by atoms with E-state index in [1.54, 1.807) is 0 Å². The molecule has 18 heavy (non-hydrogen) atoms. The topological polar surface area (TPSA) is 18.5 Å². The number of hydrogen-bond acceptors (Lipinski definition) is 2. The predicted octanol–water partition coefficient (Wildman–Crippen LogP) is 4.90. The number of rotatable bonds is 6. The average molecular weight is 392 g/mol. The largest absolute Gasteiger partial charge is 0.573 e. The fourth-order valence-corrected chi connectivity index (χ4v) is 2.00. The lowest BCUT2D eigenvalue weighted by atomic mass is 10.3. The molecule has 0 bridgehead atoms. The Morgan fingerprint density at radius 1 is 1.17 bits per heavy atom. The van der Waals surface area contributed by atoms with Gasteiger partial charge in [-0.3, -0.25) is 0 Å². The number of halogens is 5. The van der Waals surface area contributed by atoms with E-state index in [4.69, 9.17) is 4.74 Å². The Hall–Kier alpha value is -0.430. The molecule has 1 rings (SSSR count). The summed E-state index contributed by atoms with van der Waals surface area (Å²) in [4.78, 5) is 0. The molecule has 0 spiro atoms. The van der Waals surface area contributed by atoms with Gasteiger partial charge in [0.2, 0.25) is 0 Å². The zero-order valence-electron chi connectivity index (χ0n) is 9.27. The summed E-state index contributed by atoms with van der Waals surface area (Å²) in [5, 5.41) is 0.901. The highest BCUT2D eigenvalue weighted by Gasteiger charge is 2.31. The van der Waals surface area contributed by atoms with Gasteiger partial charge in [0.25, 0.3) is 0 Å². The highest BCUT2D eigenvalue weighted by atomic mass is 79.9. The summed E-state index contributed by atoms with van der Waals surface area (Å²) >= 11 is 6.31. The van der Waals surface area contributed by atoms with Gasteiger partial charge in [-0.05, 0) is 47.0 Å². The van der Waals surface area contributed by atoms with Crippen LogP contribution in [0.5, 0.6) is 11.5 Å². The van der Waals surface area contributed by atoms with Gasteiger partial charge in [0, 0.05) is 5.33 Å². The second-order valence-corrected chi connectivity index (χ2v) is 5.03. The Balaban J connectivity index is 2.56. The van der Waals surface area contributed by atoms with E-state index in [1.807, 2.05) is 0 Å². The first-order chi connectivity index (χ1) is 8.42. The fraction of sp³-hybridized carbons (Fsp3) is 0.455. The lowest BCUT2D eigenvalue weighted by Gasteiger charge is -2.12. The minimum atomic E-state index is -4.69. The van der Waals surface area contributed by atoms with Crippen molar-refractivity contribution in [3.63, 3.8) is 0 Å². The molecular formula is C11H11Br2F3O2. The van der Waals surface area contributed by atoms with Crippen LogP contribution in [0.25, 0.3) is 0 Å². The number of unbranched alkanes of at least 4 members (excludes halogenated alkanes) is 1. The van der Waals surface area contributed by atoms with E-state index < -0.39 is 6.36 Å². The summed E-state index contributed by atoms with van der Waals surface area (Å²) in [6.07, 6.45) is -2.83. The maximum atomic E-state index is 12.0. The van der Waals surface area contributed by atoms with Crippen molar-refractivity contribution < 1.29 is 22.6 Å². The minimum absolute atomic E-state index is 0.206. The van der Waals surface area contributed by atoms with Gasteiger partial charge in [0.05, 0.1) is 11.1 Å². The molecule has 0 saturated heterocycles. The van der Waals surface area contributed by atoms with Crippen molar-refractivity contribution in [1.82, 2.24) is 0 Å². The highest BCUT2D eigenvalue weighted by molar-refractivity contribution is 9.10. The van der Waals surface area contributed by atoms with Crippen LogP contribution in [0.3, 0.4) is 0 Å². The zero-order chi connectivity index (χ0) is 13.6. The van der Waals surface area contributed by atoms with Crippen LogP contribution in [-0.2, 0) is 0 Å². The summed E-state index contributed by atoms with van der Waals surface area (Å²) in [5.74, 6) is 0.223. The molecule has 2 nitrogen and oxygen atoms in total. The first-order valence-corrected chi connectivity index (χ1v) is 7.08. The first-order valence-electron chi connectivity index (χ1n) is 5.16. The van der Waals surface area contributed by atoms with Crippen molar-refractivity contribution in [1.29, 1.82) is 0 Å². The second kappa shape index (κ2) is 7.23. The molecule has 0 saturated carbocycles.